The van der Waals surface area contributed by atoms with Gasteiger partial charge in [-0.2, -0.15) is 9.13 Å². The van der Waals surface area contributed by atoms with Crippen LogP contribution < -0.4 is 13.9 Å². The van der Waals surface area contributed by atoms with Gasteiger partial charge in [0.2, 0.25) is 18.6 Å². The minimum Gasteiger partial charge on any atom is -0.497 e. The predicted octanol–water partition coefficient (Wildman–Crippen LogP) is 6.37. The number of para-hydroxylation sites is 1. The standard InChI is InChI=1S/C23H20N2O.2BF4/c1-26-18-11-9-17(10-12-18)20-16-23-22-8-4-5-13-24(22)14-15-25(23)21-7-3-2-6-19(20)21;2*2-1(3,4)5/h2-13,16H,14-15H2,1H3;;/q+2;2*-1. The van der Waals surface area contributed by atoms with E-state index in [1.165, 1.54) is 33.4 Å². The van der Waals surface area contributed by atoms with E-state index in [1.807, 2.05) is 12.1 Å². The molecule has 2 aromatic carbocycles. The summed E-state index contributed by atoms with van der Waals surface area (Å²) in [5.74, 6) is 0.881. The van der Waals surface area contributed by atoms with Crippen LogP contribution in [0, 0.1) is 0 Å². The van der Waals surface area contributed by atoms with Crippen molar-refractivity contribution in [3.8, 4) is 28.3 Å². The van der Waals surface area contributed by atoms with Crippen LogP contribution in [0.4, 0.5) is 34.5 Å². The first-order valence-corrected chi connectivity index (χ1v) is 10.7. The topological polar surface area (TPSA) is 17.0 Å². The molecule has 0 unspecified atom stereocenters. The van der Waals surface area contributed by atoms with Crippen LogP contribution in [0.3, 0.4) is 0 Å². The lowest BCUT2D eigenvalue weighted by Crippen LogP contribution is -2.53. The average Bonchev–Trinajstić information content (AvgIpc) is 2.81. The van der Waals surface area contributed by atoms with Gasteiger partial charge >= 0.3 is 14.5 Å². The first-order valence-electron chi connectivity index (χ1n) is 10.7. The fraction of sp³-hybridized carbons (Fsp3) is 0.130. The van der Waals surface area contributed by atoms with E-state index < -0.39 is 14.5 Å². The van der Waals surface area contributed by atoms with Gasteiger partial charge in [0.15, 0.2) is 6.20 Å². The highest BCUT2D eigenvalue weighted by Crippen LogP contribution is 2.32. The monoisotopic (exact) mass is 514 g/mol. The first kappa shape index (κ1) is 27.0. The maximum atomic E-state index is 9.75. The van der Waals surface area contributed by atoms with Gasteiger partial charge in [0, 0.05) is 29.8 Å². The Balaban J connectivity index is 0.000000310. The van der Waals surface area contributed by atoms with Crippen LogP contribution in [0.2, 0.25) is 0 Å². The summed E-state index contributed by atoms with van der Waals surface area (Å²) < 4.78 is 88.1. The van der Waals surface area contributed by atoms with Crippen LogP contribution in [0.1, 0.15) is 0 Å². The highest BCUT2D eigenvalue weighted by Gasteiger charge is 2.32. The second-order valence-corrected chi connectivity index (χ2v) is 7.61. The summed E-state index contributed by atoms with van der Waals surface area (Å²) in [6.07, 6.45) is 2.17. The molecule has 13 heteroatoms. The van der Waals surface area contributed by atoms with Crippen molar-refractivity contribution in [1.29, 1.82) is 0 Å². The highest BCUT2D eigenvalue weighted by atomic mass is 19.5. The van der Waals surface area contributed by atoms with Crippen molar-refractivity contribution in [2.24, 2.45) is 0 Å². The zero-order chi connectivity index (χ0) is 26.5. The molecule has 0 amide bonds. The van der Waals surface area contributed by atoms with Crippen LogP contribution in [-0.4, -0.2) is 21.6 Å². The summed E-state index contributed by atoms with van der Waals surface area (Å²) in [5.41, 5.74) is 6.27. The molecule has 5 rings (SSSR count). The summed E-state index contributed by atoms with van der Waals surface area (Å²) in [7, 11) is -10.3. The molecular formula is C23H20B2F8N2O. The Labute approximate surface area is 201 Å². The molecule has 1 aliphatic rings. The Morgan fingerprint density at radius 3 is 1.89 bits per heavy atom. The highest BCUT2D eigenvalue weighted by molar-refractivity contribution is 6.50. The predicted molar refractivity (Wildman–Crippen MR) is 122 cm³/mol. The summed E-state index contributed by atoms with van der Waals surface area (Å²) in [6, 6.07) is 25.8. The Bertz CT molecular complexity index is 1300. The number of hydrogen-bond acceptors (Lipinski definition) is 1. The van der Waals surface area contributed by atoms with Gasteiger partial charge in [-0.1, -0.05) is 24.3 Å². The number of pyridine rings is 2. The molecule has 0 saturated heterocycles. The lowest BCUT2D eigenvalue weighted by molar-refractivity contribution is -0.783. The Morgan fingerprint density at radius 2 is 1.28 bits per heavy atom. The number of benzene rings is 2. The van der Waals surface area contributed by atoms with Crippen LogP contribution in [0.15, 0.2) is 79.0 Å². The molecule has 36 heavy (non-hydrogen) atoms. The van der Waals surface area contributed by atoms with Gasteiger partial charge in [-0.05, 0) is 29.8 Å². The zero-order valence-corrected chi connectivity index (χ0v) is 18.9. The molecule has 0 spiro atoms. The van der Waals surface area contributed by atoms with Gasteiger partial charge in [-0.25, -0.2) is 0 Å². The third kappa shape index (κ3) is 7.43. The van der Waals surface area contributed by atoms with Crippen LogP contribution in [-0.2, 0) is 13.1 Å². The molecule has 0 N–H and O–H groups in total. The quantitative estimate of drug-likeness (QED) is 0.173. The Morgan fingerprint density at radius 1 is 0.694 bits per heavy atom. The third-order valence-electron chi connectivity index (χ3n) is 5.23. The molecule has 0 saturated carbocycles. The van der Waals surface area contributed by atoms with E-state index in [0.717, 1.165) is 18.8 Å². The van der Waals surface area contributed by atoms with Crippen LogP contribution in [0.25, 0.3) is 33.4 Å². The molecule has 0 aliphatic carbocycles. The number of hydrogen-bond donors (Lipinski definition) is 0. The Kier molecular flexibility index (Phi) is 8.21. The molecule has 1 aliphatic heterocycles. The summed E-state index contributed by atoms with van der Waals surface area (Å²) in [4.78, 5) is 0. The van der Waals surface area contributed by atoms with Gasteiger partial charge in [-0.3, -0.25) is 0 Å². The van der Waals surface area contributed by atoms with Gasteiger partial charge in [0.25, 0.3) is 11.4 Å². The summed E-state index contributed by atoms with van der Waals surface area (Å²) >= 11 is 0. The zero-order valence-electron chi connectivity index (χ0n) is 18.9. The van der Waals surface area contributed by atoms with Crippen LogP contribution in [0.5, 0.6) is 5.75 Å². The van der Waals surface area contributed by atoms with Crippen molar-refractivity contribution in [2.75, 3.05) is 7.11 Å². The normalized spacial score (nSPS) is 12.4. The first-order chi connectivity index (χ1) is 16.8. The third-order valence-corrected chi connectivity index (χ3v) is 5.23. The van der Waals surface area contributed by atoms with Crippen molar-refractivity contribution in [1.82, 2.24) is 0 Å². The number of nitrogens with zero attached hydrogens (tertiary/aromatic N) is 2. The van der Waals surface area contributed by atoms with Crippen molar-refractivity contribution >= 4 is 25.4 Å². The van der Waals surface area contributed by atoms with Crippen molar-refractivity contribution < 1.29 is 48.4 Å². The molecule has 4 aromatic rings. The number of ether oxygens (including phenoxy) is 1. The van der Waals surface area contributed by atoms with E-state index in [9.17, 15) is 34.5 Å². The molecular weight excluding hydrogens is 494 g/mol. The van der Waals surface area contributed by atoms with E-state index in [-0.39, 0.29) is 0 Å². The van der Waals surface area contributed by atoms with Crippen molar-refractivity contribution in [2.45, 2.75) is 13.1 Å². The minimum atomic E-state index is -6.00. The maximum Gasteiger partial charge on any atom is 0.673 e. The molecule has 0 bridgehead atoms. The Hall–Kier alpha value is -3.63. The molecule has 3 nitrogen and oxygen atoms in total. The minimum absolute atomic E-state index is 0.881. The lowest BCUT2D eigenvalue weighted by Gasteiger charge is -2.14. The number of aromatic nitrogens is 2. The van der Waals surface area contributed by atoms with E-state index in [4.69, 9.17) is 4.74 Å². The van der Waals surface area contributed by atoms with E-state index in [0.29, 0.717) is 0 Å². The van der Waals surface area contributed by atoms with Crippen LogP contribution >= 0.6 is 0 Å². The lowest BCUT2D eigenvalue weighted by atomic mass is 9.98. The van der Waals surface area contributed by atoms with Gasteiger partial charge < -0.3 is 39.3 Å². The largest absolute Gasteiger partial charge is 0.673 e. The number of halogens is 8. The molecule has 3 heterocycles. The second-order valence-electron chi connectivity index (χ2n) is 7.61. The molecule has 0 radical (unpaired) electrons. The number of methoxy groups -OCH3 is 1. The molecule has 0 fully saturated rings. The smallest absolute Gasteiger partial charge is 0.497 e. The number of rotatable bonds is 2. The number of aryl methyl sites for hydroxylation is 2. The SMILES string of the molecule is COc1ccc(-c2cc3[n+](c4ccccc24)CC[n+]2ccccc2-3)cc1.F[B-](F)(F)F.F[B-](F)(F)F. The van der Waals surface area contributed by atoms with E-state index in [1.54, 1.807) is 7.11 Å². The summed E-state index contributed by atoms with van der Waals surface area (Å²) in [6.45, 7) is 1.99. The maximum absolute atomic E-state index is 9.75. The van der Waals surface area contributed by atoms with Gasteiger partial charge in [-0.15, -0.1) is 0 Å². The molecule has 190 valence electrons. The van der Waals surface area contributed by atoms with Crippen molar-refractivity contribution in [3.05, 3.63) is 79.0 Å². The van der Waals surface area contributed by atoms with Crippen molar-refractivity contribution in [3.63, 3.8) is 0 Å². The van der Waals surface area contributed by atoms with E-state index in [2.05, 4.69) is 76.0 Å². The fourth-order valence-corrected chi connectivity index (χ4v) is 3.93. The number of fused-ring (bicyclic) bond motifs is 5. The molecule has 0 atom stereocenters. The van der Waals surface area contributed by atoms with Gasteiger partial charge in [0.05, 0.1) is 12.5 Å². The average molecular weight is 514 g/mol. The van der Waals surface area contributed by atoms with Gasteiger partial charge in [0.1, 0.15) is 5.75 Å². The fourth-order valence-electron chi connectivity index (χ4n) is 3.93. The second kappa shape index (κ2) is 11.0. The van der Waals surface area contributed by atoms with E-state index >= 15 is 0 Å². The molecule has 2 aromatic heterocycles. The summed E-state index contributed by atoms with van der Waals surface area (Å²) in [5, 5.41) is 1.28.